The number of fused-ring (bicyclic) bond motifs is 8. The second-order valence-electron chi connectivity index (χ2n) is 13.6. The van der Waals surface area contributed by atoms with Crippen LogP contribution in [0, 0.1) is 11.2 Å². The van der Waals surface area contributed by atoms with Gasteiger partial charge in [0.2, 0.25) is 0 Å². The number of benzene rings is 2. The number of piperazine rings is 1. The van der Waals surface area contributed by atoms with Crippen molar-refractivity contribution in [3.8, 4) is 0 Å². The predicted molar refractivity (Wildman–Crippen MR) is 173 cm³/mol. The number of allylic oxidation sites excluding steroid dienone is 2. The Bertz CT molecular complexity index is 1340. The van der Waals surface area contributed by atoms with Crippen LogP contribution in [-0.2, 0) is 12.8 Å². The number of halogens is 2. The van der Waals surface area contributed by atoms with Crippen molar-refractivity contribution in [2.24, 2.45) is 5.41 Å². The summed E-state index contributed by atoms with van der Waals surface area (Å²) in [6.45, 7) is 9.11. The number of Topliss-reactive ketones (excluding diaryl/α,β-unsaturated/α-hetero) is 1. The highest BCUT2D eigenvalue weighted by Crippen LogP contribution is 2.58. The summed E-state index contributed by atoms with van der Waals surface area (Å²) in [6.07, 6.45) is 6.34. The van der Waals surface area contributed by atoms with Gasteiger partial charge in [-0.3, -0.25) is 14.6 Å². The van der Waals surface area contributed by atoms with Crippen LogP contribution in [0.1, 0.15) is 85.3 Å². The molecule has 0 aromatic heterocycles. The molecule has 0 unspecified atom stereocenters. The fraction of sp³-hybridized carbons (Fsp3) is 0.583. The largest absolute Gasteiger partial charge is 0.395 e. The number of hydrogen-bond acceptors (Lipinski definition) is 6. The summed E-state index contributed by atoms with van der Waals surface area (Å²) in [5, 5.41) is 33.0. The molecule has 1 saturated carbocycles. The summed E-state index contributed by atoms with van der Waals surface area (Å²) >= 11 is 6.34. The number of ketones is 1. The van der Waals surface area contributed by atoms with Crippen LogP contribution < -0.4 is 0 Å². The minimum absolute atomic E-state index is 0.0751. The van der Waals surface area contributed by atoms with E-state index in [1.54, 1.807) is 6.07 Å². The zero-order chi connectivity index (χ0) is 31.5. The number of hydrogen-bond donors (Lipinski definition) is 3. The van der Waals surface area contributed by atoms with Crippen LogP contribution >= 0.6 is 11.6 Å². The minimum Gasteiger partial charge on any atom is -0.395 e. The van der Waals surface area contributed by atoms with Gasteiger partial charge in [-0.25, -0.2) is 4.39 Å². The quantitative estimate of drug-likeness (QED) is 0.276. The molecule has 2 bridgehead atoms. The number of carbonyl (C=O) groups is 1. The van der Waals surface area contributed by atoms with Crippen LogP contribution in [0.15, 0.2) is 48.0 Å². The maximum atomic E-state index is 14.8. The maximum absolute atomic E-state index is 14.8. The van der Waals surface area contributed by atoms with Crippen molar-refractivity contribution < 1.29 is 24.5 Å². The molecule has 2 aromatic rings. The number of β-amino-alcohol motifs (C(OH)–C–C–N with tert-alkyl or cyclic N) is 2. The zero-order valence-corrected chi connectivity index (χ0v) is 27.0. The molecule has 3 N–H and O–H groups in total. The summed E-state index contributed by atoms with van der Waals surface area (Å²) in [5.41, 5.74) is 2.27. The molecule has 8 heteroatoms. The Morgan fingerprint density at radius 3 is 2.57 bits per heavy atom. The van der Waals surface area contributed by atoms with Gasteiger partial charge < -0.3 is 15.3 Å². The Kier molecular flexibility index (Phi) is 10.7. The highest BCUT2D eigenvalue weighted by Gasteiger charge is 2.57. The van der Waals surface area contributed by atoms with E-state index in [0.29, 0.717) is 37.9 Å². The van der Waals surface area contributed by atoms with Crippen LogP contribution in [0.2, 0.25) is 5.02 Å². The molecule has 0 radical (unpaired) electrons. The molecule has 2 aromatic carbocycles. The molecule has 0 spiro atoms. The van der Waals surface area contributed by atoms with Crippen LogP contribution in [0.3, 0.4) is 0 Å². The van der Waals surface area contributed by atoms with Gasteiger partial charge in [0.05, 0.1) is 18.3 Å². The zero-order valence-electron chi connectivity index (χ0n) is 26.2. The van der Waals surface area contributed by atoms with Crippen molar-refractivity contribution in [2.75, 3.05) is 45.9 Å². The van der Waals surface area contributed by atoms with E-state index in [1.807, 2.05) is 18.2 Å². The summed E-state index contributed by atoms with van der Waals surface area (Å²) in [5.74, 6) is -0.778. The summed E-state index contributed by atoms with van der Waals surface area (Å²) in [4.78, 5) is 18.7. The first kappa shape index (κ1) is 33.2. The molecule has 6 rings (SSSR count). The number of rotatable bonds is 7. The number of carbonyl (C=O) groups excluding carboxylic acids is 1. The third-order valence-electron chi connectivity index (χ3n) is 10.7. The Morgan fingerprint density at radius 2 is 1.84 bits per heavy atom. The third kappa shape index (κ3) is 7.14. The molecule has 4 atom stereocenters. The van der Waals surface area contributed by atoms with Crippen molar-refractivity contribution in [3.63, 3.8) is 0 Å². The van der Waals surface area contributed by atoms with Crippen LogP contribution in [0.25, 0.3) is 0 Å². The highest BCUT2D eigenvalue weighted by atomic mass is 35.5. The molecule has 1 aliphatic heterocycles. The van der Waals surface area contributed by atoms with E-state index in [2.05, 4.69) is 29.7 Å². The number of aliphatic hydroxyl groups is 3. The predicted octanol–water partition coefficient (Wildman–Crippen LogP) is 5.55. The van der Waals surface area contributed by atoms with Gasteiger partial charge in [-0.1, -0.05) is 48.4 Å². The lowest BCUT2D eigenvalue weighted by Crippen LogP contribution is -2.56. The van der Waals surface area contributed by atoms with Gasteiger partial charge in [0.25, 0.3) is 0 Å². The van der Waals surface area contributed by atoms with E-state index in [4.69, 9.17) is 11.6 Å². The van der Waals surface area contributed by atoms with Gasteiger partial charge in [-0.15, -0.1) is 0 Å². The number of nitrogens with zero attached hydrogens (tertiary/aromatic N) is 2. The second-order valence-corrected chi connectivity index (χ2v) is 14.0. The average molecular weight is 627 g/mol. The van der Waals surface area contributed by atoms with Crippen molar-refractivity contribution in [1.29, 1.82) is 0 Å². The molecule has 44 heavy (non-hydrogen) atoms. The lowest BCUT2D eigenvalue weighted by atomic mass is 9.64. The van der Waals surface area contributed by atoms with Gasteiger partial charge in [0.15, 0.2) is 5.78 Å². The summed E-state index contributed by atoms with van der Waals surface area (Å²) in [6, 6.07) is 10.4. The van der Waals surface area contributed by atoms with E-state index in [-0.39, 0.29) is 35.3 Å². The first-order valence-corrected chi connectivity index (χ1v) is 16.6. The molecule has 3 aliphatic carbocycles. The minimum atomic E-state index is -0.959. The van der Waals surface area contributed by atoms with Crippen molar-refractivity contribution in [1.82, 2.24) is 9.80 Å². The number of aliphatic hydroxyl groups excluding tert-OH is 2. The molecule has 6 nitrogen and oxygen atoms in total. The monoisotopic (exact) mass is 626 g/mol. The van der Waals surface area contributed by atoms with Gasteiger partial charge in [-0.2, -0.15) is 0 Å². The molecule has 2 fully saturated rings. The van der Waals surface area contributed by atoms with Crippen molar-refractivity contribution in [2.45, 2.75) is 82.8 Å². The second kappa shape index (κ2) is 14.1. The topological polar surface area (TPSA) is 84.2 Å². The molecular weight excluding hydrogens is 579 g/mol. The highest BCUT2D eigenvalue weighted by molar-refractivity contribution is 6.31. The molecule has 1 saturated heterocycles. The van der Waals surface area contributed by atoms with E-state index in [0.717, 1.165) is 63.0 Å². The SMILES string of the molecule is CC1=CCC[C@@]2(C)[C@@H](CC[C@@]2(O)CN2CCN(CCO)CC2)c2ccc(cc2C(=O)Cc2c(F)cccc2Cl)C[C@@H](O)CC1. The summed E-state index contributed by atoms with van der Waals surface area (Å²) in [7, 11) is 0. The van der Waals surface area contributed by atoms with Gasteiger partial charge >= 0.3 is 0 Å². The van der Waals surface area contributed by atoms with Gasteiger partial charge in [0, 0.05) is 67.3 Å². The first-order chi connectivity index (χ1) is 21.0. The van der Waals surface area contributed by atoms with Crippen LogP contribution in [0.4, 0.5) is 4.39 Å². The summed E-state index contributed by atoms with van der Waals surface area (Å²) < 4.78 is 14.8. The molecular formula is C36H48ClFN2O4. The lowest BCUT2D eigenvalue weighted by molar-refractivity contribution is -0.0888. The molecule has 0 amide bonds. The molecule has 1 heterocycles. The molecule has 4 aliphatic rings. The Hall–Kier alpha value is -2.13. The van der Waals surface area contributed by atoms with E-state index in [9.17, 15) is 24.5 Å². The Labute approximate surface area is 266 Å². The fourth-order valence-corrected chi connectivity index (χ4v) is 8.11. The van der Waals surface area contributed by atoms with Crippen molar-refractivity contribution >= 4 is 17.4 Å². The fourth-order valence-electron chi connectivity index (χ4n) is 7.88. The van der Waals surface area contributed by atoms with Crippen molar-refractivity contribution in [3.05, 3.63) is 81.1 Å². The van der Waals surface area contributed by atoms with E-state index < -0.39 is 22.9 Å². The average Bonchev–Trinajstić information content (AvgIpc) is 3.24. The Balaban J connectivity index is 1.52. The normalized spacial score (nSPS) is 28.8. The van der Waals surface area contributed by atoms with Gasteiger partial charge in [0.1, 0.15) is 5.82 Å². The van der Waals surface area contributed by atoms with Crippen LogP contribution in [0.5, 0.6) is 0 Å². The van der Waals surface area contributed by atoms with E-state index >= 15 is 0 Å². The molecule has 240 valence electrons. The van der Waals surface area contributed by atoms with E-state index in [1.165, 1.54) is 17.7 Å². The first-order valence-electron chi connectivity index (χ1n) is 16.2. The standard InChI is InChI=1S/C36H48ClFN2O4/c1-25-5-4-13-35(2)31(12-14-36(35,44)24-40-17-15-39(16-18-40)19-20-41)28-11-9-26(21-27(42)10-8-25)22-29(28)34(43)23-30-32(37)6-3-7-33(30)38/h3,5-7,9,11,22,27,31,41-42,44H,4,8,10,12-21,23-24H2,1-2H3/t27-,31-,35-,36+/m0/s1. The van der Waals surface area contributed by atoms with Gasteiger partial charge in [-0.05, 0) is 87.1 Å². The maximum Gasteiger partial charge on any atom is 0.167 e. The smallest absolute Gasteiger partial charge is 0.167 e. The lowest BCUT2D eigenvalue weighted by Gasteiger charge is -2.47. The third-order valence-corrected chi connectivity index (χ3v) is 11.1. The Morgan fingerprint density at radius 1 is 1.09 bits per heavy atom. The van der Waals surface area contributed by atoms with Crippen LogP contribution in [-0.4, -0.2) is 88.5 Å².